The summed E-state index contributed by atoms with van der Waals surface area (Å²) in [5.41, 5.74) is 3.13. The average molecular weight is 582 g/mol. The number of esters is 1. The van der Waals surface area contributed by atoms with Crippen LogP contribution in [-0.2, 0) is 33.0 Å². The van der Waals surface area contributed by atoms with Gasteiger partial charge in [-0.05, 0) is 62.4 Å². The van der Waals surface area contributed by atoms with E-state index < -0.39 is 11.0 Å². The van der Waals surface area contributed by atoms with E-state index in [1.165, 1.54) is 0 Å². The average Bonchev–Trinajstić information content (AvgIpc) is 3.34. The molecule has 0 saturated heterocycles. The van der Waals surface area contributed by atoms with E-state index in [4.69, 9.17) is 26.1 Å². The van der Waals surface area contributed by atoms with Crippen LogP contribution in [0, 0.1) is 5.41 Å². The molecule has 5 aromatic rings. The Balaban J connectivity index is 1.48. The molecule has 42 heavy (non-hydrogen) atoms. The lowest BCUT2D eigenvalue weighted by Gasteiger charge is -2.36. The Bertz CT molecular complexity index is 1520. The second kappa shape index (κ2) is 12.9. The molecule has 0 radical (unpaired) electrons. The quantitative estimate of drug-likeness (QED) is 0.0685. The molecule has 0 fully saturated rings. The van der Waals surface area contributed by atoms with Gasteiger partial charge >= 0.3 is 5.97 Å². The molecule has 0 bridgehead atoms. The van der Waals surface area contributed by atoms with Crippen molar-refractivity contribution >= 4 is 28.7 Å². The van der Waals surface area contributed by atoms with Crippen molar-refractivity contribution in [1.82, 2.24) is 14.5 Å². The highest BCUT2D eigenvalue weighted by Crippen LogP contribution is 2.41. The van der Waals surface area contributed by atoms with Crippen LogP contribution in [0.2, 0.25) is 5.15 Å². The molecule has 3 aromatic carbocycles. The predicted molar refractivity (Wildman–Crippen MR) is 166 cm³/mol. The lowest BCUT2D eigenvalue weighted by atomic mass is 9.80. The van der Waals surface area contributed by atoms with E-state index in [2.05, 4.69) is 45.9 Å². The molecule has 2 heterocycles. The molecule has 0 aliphatic carbocycles. The number of nitrogens with zero attached hydrogens (tertiary/aromatic N) is 3. The number of hydrogen-bond acceptors (Lipinski definition) is 5. The van der Waals surface area contributed by atoms with Crippen molar-refractivity contribution in [3.8, 4) is 0 Å². The van der Waals surface area contributed by atoms with Gasteiger partial charge in [-0.3, -0.25) is 4.79 Å². The molecule has 6 nitrogen and oxygen atoms in total. The summed E-state index contributed by atoms with van der Waals surface area (Å²) < 4.78 is 14.7. The van der Waals surface area contributed by atoms with Gasteiger partial charge in [0, 0.05) is 6.54 Å². The summed E-state index contributed by atoms with van der Waals surface area (Å²) in [5, 5.41) is 0.390. The topological polar surface area (TPSA) is 66.2 Å². The summed E-state index contributed by atoms with van der Waals surface area (Å²) in [7, 11) is 0. The molecule has 0 aliphatic rings. The Morgan fingerprint density at radius 2 is 1.31 bits per heavy atom. The van der Waals surface area contributed by atoms with Crippen LogP contribution in [0.5, 0.6) is 0 Å². The normalized spacial score (nSPS) is 12.0. The minimum atomic E-state index is -0.876. The van der Waals surface area contributed by atoms with E-state index in [0.717, 1.165) is 40.9 Å². The third kappa shape index (κ3) is 6.40. The maximum Gasteiger partial charge on any atom is 0.311 e. The molecule has 7 heteroatoms. The Morgan fingerprint density at radius 1 is 0.762 bits per heavy atom. The van der Waals surface area contributed by atoms with Gasteiger partial charge in [-0.1, -0.05) is 103 Å². The number of carbonyl (C=O) groups is 1. The number of aromatic nitrogens is 3. The van der Waals surface area contributed by atoms with Crippen molar-refractivity contribution in [2.24, 2.45) is 5.41 Å². The predicted octanol–water partition coefficient (Wildman–Crippen LogP) is 7.96. The fourth-order valence-electron chi connectivity index (χ4n) is 5.09. The second-order valence-corrected chi connectivity index (χ2v) is 11.7. The van der Waals surface area contributed by atoms with E-state index in [0.29, 0.717) is 24.0 Å². The third-order valence-electron chi connectivity index (χ3n) is 7.24. The van der Waals surface area contributed by atoms with Gasteiger partial charge < -0.3 is 14.0 Å². The smallest absolute Gasteiger partial charge is 0.311 e. The van der Waals surface area contributed by atoms with Gasteiger partial charge in [-0.15, -0.1) is 0 Å². The number of pyridine rings is 1. The summed E-state index contributed by atoms with van der Waals surface area (Å²) in [4.78, 5) is 21.5. The first-order chi connectivity index (χ1) is 20.3. The van der Waals surface area contributed by atoms with Crippen LogP contribution in [0.15, 0.2) is 103 Å². The molecule has 0 amide bonds. The lowest BCUT2D eigenvalue weighted by molar-refractivity contribution is -0.153. The minimum absolute atomic E-state index is 0.192. The van der Waals surface area contributed by atoms with Gasteiger partial charge in [-0.25, -0.2) is 9.97 Å². The van der Waals surface area contributed by atoms with E-state index in [9.17, 15) is 4.79 Å². The highest BCUT2D eigenvalue weighted by molar-refractivity contribution is 6.29. The number of benzene rings is 3. The maximum absolute atomic E-state index is 12.2. The number of unbranched alkanes of at least 4 members (excludes halogenated alkanes) is 1. The molecule has 0 saturated carbocycles. The fourth-order valence-corrected chi connectivity index (χ4v) is 5.23. The van der Waals surface area contributed by atoms with Crippen LogP contribution in [0.3, 0.4) is 0 Å². The van der Waals surface area contributed by atoms with Crippen LogP contribution >= 0.6 is 11.6 Å². The summed E-state index contributed by atoms with van der Waals surface area (Å²) in [5.74, 6) is 0.557. The Morgan fingerprint density at radius 3 is 1.83 bits per heavy atom. The van der Waals surface area contributed by atoms with Crippen molar-refractivity contribution in [1.29, 1.82) is 0 Å². The maximum atomic E-state index is 12.2. The van der Waals surface area contributed by atoms with Gasteiger partial charge in [0.05, 0.1) is 17.5 Å². The molecular formula is C35H36ClN3O3. The van der Waals surface area contributed by atoms with E-state index in [1.807, 2.05) is 81.4 Å². The van der Waals surface area contributed by atoms with Crippen LogP contribution in [-0.4, -0.2) is 27.1 Å². The minimum Gasteiger partial charge on any atom is -0.465 e. The zero-order valence-electron chi connectivity index (χ0n) is 24.3. The highest BCUT2D eigenvalue weighted by Gasteiger charge is 2.38. The first-order valence-corrected chi connectivity index (χ1v) is 14.7. The fraction of sp³-hybridized carbons (Fsp3) is 0.286. The van der Waals surface area contributed by atoms with Gasteiger partial charge in [0.25, 0.3) is 0 Å². The summed E-state index contributed by atoms with van der Waals surface area (Å²) in [6.45, 7) is 6.84. The third-order valence-corrected chi connectivity index (χ3v) is 7.45. The lowest BCUT2D eigenvalue weighted by Crippen LogP contribution is -2.33. The van der Waals surface area contributed by atoms with Gasteiger partial charge in [-0.2, -0.15) is 0 Å². The molecule has 0 unspecified atom stereocenters. The van der Waals surface area contributed by atoms with Crippen molar-refractivity contribution in [2.75, 3.05) is 6.61 Å². The Labute approximate surface area is 252 Å². The number of imidazole rings is 1. The zero-order chi connectivity index (χ0) is 29.6. The second-order valence-electron chi connectivity index (χ2n) is 11.3. The largest absolute Gasteiger partial charge is 0.465 e. The molecule has 0 spiro atoms. The number of rotatable bonds is 11. The van der Waals surface area contributed by atoms with Gasteiger partial charge in [0.15, 0.2) is 5.65 Å². The van der Waals surface area contributed by atoms with Crippen molar-refractivity contribution in [2.45, 2.75) is 52.4 Å². The van der Waals surface area contributed by atoms with Crippen LogP contribution in [0.4, 0.5) is 0 Å². The van der Waals surface area contributed by atoms with Crippen LogP contribution in [0.1, 0.15) is 56.1 Å². The van der Waals surface area contributed by atoms with Crippen molar-refractivity contribution in [3.63, 3.8) is 0 Å². The highest BCUT2D eigenvalue weighted by atomic mass is 35.5. The van der Waals surface area contributed by atoms with Crippen molar-refractivity contribution < 1.29 is 14.3 Å². The summed E-state index contributed by atoms with van der Waals surface area (Å²) in [6, 6.07) is 34.6. The number of hydrogen-bond donors (Lipinski definition) is 0. The van der Waals surface area contributed by atoms with E-state index >= 15 is 0 Å². The molecule has 0 aliphatic heterocycles. The number of halogens is 1. The Kier molecular flexibility index (Phi) is 9.05. The van der Waals surface area contributed by atoms with Gasteiger partial charge in [0.2, 0.25) is 0 Å². The SMILES string of the molecule is CC(C)(C)C(=O)OCCCCn1c(COC(c2ccccc2)(c2ccccc2)c2ccccc2)nc2nc(Cl)ccc21. The molecule has 0 N–H and O–H groups in total. The molecule has 216 valence electrons. The van der Waals surface area contributed by atoms with Crippen molar-refractivity contribution in [3.05, 3.63) is 131 Å². The van der Waals surface area contributed by atoms with Crippen LogP contribution < -0.4 is 0 Å². The Hall–Kier alpha value is -4.00. The molecule has 2 aromatic heterocycles. The van der Waals surface area contributed by atoms with E-state index in [1.54, 1.807) is 6.07 Å². The molecule has 0 atom stereocenters. The number of carbonyl (C=O) groups excluding carboxylic acids is 1. The first-order valence-electron chi connectivity index (χ1n) is 14.3. The van der Waals surface area contributed by atoms with E-state index in [-0.39, 0.29) is 12.6 Å². The van der Waals surface area contributed by atoms with Gasteiger partial charge in [0.1, 0.15) is 23.2 Å². The number of aryl methyl sites for hydroxylation is 1. The first kappa shape index (κ1) is 29.5. The molecule has 5 rings (SSSR count). The summed E-state index contributed by atoms with van der Waals surface area (Å²) in [6.07, 6.45) is 1.52. The summed E-state index contributed by atoms with van der Waals surface area (Å²) >= 11 is 6.24. The standard InChI is InChI=1S/C35H36ClN3O3/c1-34(2,3)33(40)41-24-14-13-23-39-29-21-22-30(36)37-32(29)38-31(39)25-42-35(26-15-7-4-8-16-26,27-17-9-5-10-18-27)28-19-11-6-12-20-28/h4-12,15-22H,13-14,23-25H2,1-3H3. The molecular weight excluding hydrogens is 546 g/mol. The number of ether oxygens (including phenoxy) is 2. The monoisotopic (exact) mass is 581 g/mol. The number of fused-ring (bicyclic) bond motifs is 1. The zero-order valence-corrected chi connectivity index (χ0v) is 25.1. The van der Waals surface area contributed by atoms with Crippen LogP contribution in [0.25, 0.3) is 11.2 Å².